The molecule has 0 bridgehead atoms. The fourth-order valence-electron chi connectivity index (χ4n) is 3.18. The fourth-order valence-corrected chi connectivity index (χ4v) is 3.66. The minimum atomic E-state index is -4.40. The minimum absolute atomic E-state index is 0.0515. The van der Waals surface area contributed by atoms with Crippen molar-refractivity contribution in [3.63, 3.8) is 0 Å². The summed E-state index contributed by atoms with van der Waals surface area (Å²) in [5, 5.41) is 10.1. The summed E-state index contributed by atoms with van der Waals surface area (Å²) in [5.41, 5.74) is -0.744. The zero-order chi connectivity index (χ0) is 18.4. The molecule has 1 N–H and O–H groups in total. The van der Waals surface area contributed by atoms with E-state index in [0.29, 0.717) is 6.42 Å². The van der Waals surface area contributed by atoms with E-state index in [9.17, 15) is 18.3 Å². The lowest BCUT2D eigenvalue weighted by Gasteiger charge is -2.23. The molecule has 2 rings (SSSR count). The van der Waals surface area contributed by atoms with Crippen molar-refractivity contribution in [1.82, 2.24) is 0 Å². The summed E-state index contributed by atoms with van der Waals surface area (Å²) in [6.07, 6.45) is 2.44. The van der Waals surface area contributed by atoms with Gasteiger partial charge in [0.25, 0.3) is 0 Å². The fraction of sp³-hybridized carbons (Fsp3) is 0.579. The molecule has 0 amide bonds. The zero-order valence-corrected chi connectivity index (χ0v) is 14.9. The number of halogens is 4. The standard InChI is InChI=1S/C19H24ClF3O2/c1-2-3-4-5-9-15-16(18(24)11-17(15)20)12-25-14-8-6-7-13(10-14)19(21,22)23/h4-8,10,15-18,24H,2-3,9,11-12H2,1H3/b5-4-/t15-,16-,17-,18-/m1/s1. The molecule has 1 aliphatic carbocycles. The van der Waals surface area contributed by atoms with Gasteiger partial charge in [0.15, 0.2) is 0 Å². The summed E-state index contributed by atoms with van der Waals surface area (Å²) in [6, 6.07) is 4.80. The number of benzene rings is 1. The van der Waals surface area contributed by atoms with Crippen molar-refractivity contribution in [2.75, 3.05) is 6.61 Å². The molecule has 1 aliphatic rings. The highest BCUT2D eigenvalue weighted by atomic mass is 35.5. The largest absolute Gasteiger partial charge is 0.493 e. The molecule has 4 atom stereocenters. The summed E-state index contributed by atoms with van der Waals surface area (Å²) >= 11 is 6.35. The number of allylic oxidation sites excluding steroid dienone is 2. The van der Waals surface area contributed by atoms with E-state index in [1.807, 2.05) is 0 Å². The Bertz CT molecular complexity index is 574. The number of aliphatic hydroxyl groups is 1. The van der Waals surface area contributed by atoms with E-state index in [-0.39, 0.29) is 29.6 Å². The number of hydrogen-bond donors (Lipinski definition) is 1. The second kappa shape index (κ2) is 8.95. The van der Waals surface area contributed by atoms with E-state index in [1.165, 1.54) is 12.1 Å². The summed E-state index contributed by atoms with van der Waals surface area (Å²) in [7, 11) is 0. The molecule has 6 heteroatoms. The summed E-state index contributed by atoms with van der Waals surface area (Å²) < 4.78 is 43.9. The second-order valence-electron chi connectivity index (χ2n) is 6.48. The third-order valence-corrected chi connectivity index (χ3v) is 5.11. The first-order valence-electron chi connectivity index (χ1n) is 8.60. The lowest BCUT2D eigenvalue weighted by molar-refractivity contribution is -0.137. The lowest BCUT2D eigenvalue weighted by Crippen LogP contribution is -2.27. The van der Waals surface area contributed by atoms with Gasteiger partial charge in [-0.05, 0) is 43.4 Å². The number of ether oxygens (including phenoxy) is 1. The molecule has 140 valence electrons. The van der Waals surface area contributed by atoms with Crippen molar-refractivity contribution in [2.45, 2.75) is 50.3 Å². The van der Waals surface area contributed by atoms with Crippen molar-refractivity contribution >= 4 is 11.6 Å². The van der Waals surface area contributed by atoms with Crippen LogP contribution in [-0.2, 0) is 6.18 Å². The predicted molar refractivity (Wildman–Crippen MR) is 92.8 cm³/mol. The van der Waals surface area contributed by atoms with E-state index in [0.717, 1.165) is 31.4 Å². The first-order valence-corrected chi connectivity index (χ1v) is 9.03. The van der Waals surface area contributed by atoms with E-state index in [2.05, 4.69) is 19.1 Å². The van der Waals surface area contributed by atoms with E-state index < -0.39 is 17.8 Å². The average molecular weight is 377 g/mol. The Labute approximate surface area is 151 Å². The van der Waals surface area contributed by atoms with Gasteiger partial charge in [-0.15, -0.1) is 11.6 Å². The van der Waals surface area contributed by atoms with E-state index >= 15 is 0 Å². The quantitative estimate of drug-likeness (QED) is 0.507. The van der Waals surface area contributed by atoms with Crippen molar-refractivity contribution in [3.8, 4) is 5.75 Å². The first kappa shape index (κ1) is 20.1. The van der Waals surface area contributed by atoms with Gasteiger partial charge in [0.1, 0.15) is 5.75 Å². The highest BCUT2D eigenvalue weighted by molar-refractivity contribution is 6.21. The molecule has 0 heterocycles. The summed E-state index contributed by atoms with van der Waals surface area (Å²) in [4.78, 5) is 0. The summed E-state index contributed by atoms with van der Waals surface area (Å²) in [6.45, 7) is 2.25. The Hall–Kier alpha value is -1.20. The second-order valence-corrected chi connectivity index (χ2v) is 7.04. The topological polar surface area (TPSA) is 29.5 Å². The molecule has 1 aromatic rings. The lowest BCUT2D eigenvalue weighted by atomic mass is 9.92. The van der Waals surface area contributed by atoms with Gasteiger partial charge in [-0.25, -0.2) is 0 Å². The number of rotatable bonds is 7. The van der Waals surface area contributed by atoms with Gasteiger partial charge in [-0.2, -0.15) is 13.2 Å². The van der Waals surface area contributed by atoms with Crippen LogP contribution in [0.1, 0.15) is 38.2 Å². The predicted octanol–water partition coefficient (Wildman–Crippen LogP) is 5.44. The third-order valence-electron chi connectivity index (χ3n) is 4.61. The van der Waals surface area contributed by atoms with Crippen molar-refractivity contribution in [1.29, 1.82) is 0 Å². The van der Waals surface area contributed by atoms with Crippen LogP contribution >= 0.6 is 11.6 Å². The Balaban J connectivity index is 1.99. The highest BCUT2D eigenvalue weighted by Gasteiger charge is 2.41. The SMILES string of the molecule is CCC/C=C\C[C@@H]1[C@@H](COc2cccc(C(F)(F)F)c2)[C@H](O)C[C@H]1Cl. The molecule has 25 heavy (non-hydrogen) atoms. The molecule has 1 saturated carbocycles. The van der Waals surface area contributed by atoms with E-state index in [1.54, 1.807) is 0 Å². The number of aliphatic hydroxyl groups excluding tert-OH is 1. The maximum Gasteiger partial charge on any atom is 0.416 e. The van der Waals surface area contributed by atoms with Crippen molar-refractivity contribution in [2.24, 2.45) is 11.8 Å². The van der Waals surface area contributed by atoms with Gasteiger partial charge in [-0.1, -0.05) is 31.6 Å². The maximum absolute atomic E-state index is 12.8. The molecule has 2 nitrogen and oxygen atoms in total. The first-order chi connectivity index (χ1) is 11.8. The van der Waals surface area contributed by atoms with Crippen LogP contribution in [0.25, 0.3) is 0 Å². The third kappa shape index (κ3) is 5.65. The van der Waals surface area contributed by atoms with Crippen LogP contribution in [0, 0.1) is 11.8 Å². The van der Waals surface area contributed by atoms with Crippen molar-refractivity contribution < 1.29 is 23.0 Å². The molecule has 0 radical (unpaired) electrons. The molecule has 0 spiro atoms. The number of hydrogen-bond acceptors (Lipinski definition) is 2. The van der Waals surface area contributed by atoms with Gasteiger partial charge in [0, 0.05) is 11.3 Å². The van der Waals surface area contributed by atoms with Gasteiger partial charge in [0.2, 0.25) is 0 Å². The van der Waals surface area contributed by atoms with Crippen LogP contribution in [0.2, 0.25) is 0 Å². The zero-order valence-electron chi connectivity index (χ0n) is 14.2. The maximum atomic E-state index is 12.8. The Morgan fingerprint density at radius 1 is 1.28 bits per heavy atom. The van der Waals surface area contributed by atoms with Gasteiger partial charge >= 0.3 is 6.18 Å². The molecule has 0 aliphatic heterocycles. The van der Waals surface area contributed by atoms with Crippen LogP contribution in [0.4, 0.5) is 13.2 Å². The number of alkyl halides is 4. The minimum Gasteiger partial charge on any atom is -0.493 e. The van der Waals surface area contributed by atoms with Crippen LogP contribution in [0.5, 0.6) is 5.75 Å². The molecule has 1 aromatic carbocycles. The van der Waals surface area contributed by atoms with Crippen molar-refractivity contribution in [3.05, 3.63) is 42.0 Å². The van der Waals surface area contributed by atoms with Gasteiger partial charge < -0.3 is 9.84 Å². The normalized spacial score (nSPS) is 27.1. The molecular weight excluding hydrogens is 353 g/mol. The monoisotopic (exact) mass is 376 g/mol. The van der Waals surface area contributed by atoms with Crippen LogP contribution in [0.15, 0.2) is 36.4 Å². The number of unbranched alkanes of at least 4 members (excludes halogenated alkanes) is 1. The van der Waals surface area contributed by atoms with Crippen LogP contribution in [0.3, 0.4) is 0 Å². The van der Waals surface area contributed by atoms with Gasteiger partial charge in [-0.3, -0.25) is 0 Å². The van der Waals surface area contributed by atoms with E-state index in [4.69, 9.17) is 16.3 Å². The van der Waals surface area contributed by atoms with Crippen LogP contribution in [-0.4, -0.2) is 23.2 Å². The summed E-state index contributed by atoms with van der Waals surface area (Å²) in [5.74, 6) is 0.0132. The van der Waals surface area contributed by atoms with Gasteiger partial charge in [0.05, 0.1) is 18.3 Å². The molecular formula is C19H24ClF3O2. The highest BCUT2D eigenvalue weighted by Crippen LogP contribution is 2.39. The average Bonchev–Trinajstić information content (AvgIpc) is 2.82. The Kier molecular flexibility index (Phi) is 7.20. The Morgan fingerprint density at radius 2 is 2.04 bits per heavy atom. The molecule has 0 unspecified atom stereocenters. The Morgan fingerprint density at radius 3 is 2.72 bits per heavy atom. The smallest absolute Gasteiger partial charge is 0.416 e. The molecule has 1 fully saturated rings. The molecule has 0 aromatic heterocycles. The molecule has 0 saturated heterocycles. The van der Waals surface area contributed by atoms with Crippen LogP contribution < -0.4 is 4.74 Å².